The van der Waals surface area contributed by atoms with Gasteiger partial charge in [0.1, 0.15) is 16.7 Å². The van der Waals surface area contributed by atoms with Gasteiger partial charge in [-0.3, -0.25) is 9.59 Å². The minimum Gasteiger partial charge on any atom is -0.285 e. The highest BCUT2D eigenvalue weighted by molar-refractivity contribution is 6.49. The van der Waals surface area contributed by atoms with E-state index in [0.29, 0.717) is 27.8 Å². The number of carbonyl (C=O) groups is 2. The summed E-state index contributed by atoms with van der Waals surface area (Å²) in [5.74, 6) is -1.24. The Bertz CT molecular complexity index is 1240. The summed E-state index contributed by atoms with van der Waals surface area (Å²) in [7, 11) is 0. The first kappa shape index (κ1) is 13.0. The van der Waals surface area contributed by atoms with Gasteiger partial charge in [0.05, 0.1) is 27.8 Å². The van der Waals surface area contributed by atoms with E-state index in [4.69, 9.17) is 0 Å². The Hall–Kier alpha value is -3.54. The highest BCUT2D eigenvalue weighted by atomic mass is 16.2. The van der Waals surface area contributed by atoms with Gasteiger partial charge in [-0.15, -0.1) is 0 Å². The van der Waals surface area contributed by atoms with Crippen LogP contribution in [0.1, 0.15) is 16.2 Å². The topological polar surface area (TPSA) is 85.7 Å². The molecule has 24 heavy (non-hydrogen) atoms. The van der Waals surface area contributed by atoms with E-state index in [0.717, 1.165) is 11.0 Å². The molecular formula is C18H8N4O2. The molecule has 0 atom stereocenters. The van der Waals surface area contributed by atoms with Crippen molar-refractivity contribution >= 4 is 50.7 Å². The molecule has 0 fully saturated rings. The van der Waals surface area contributed by atoms with Gasteiger partial charge in [0, 0.05) is 0 Å². The third-order valence-electron chi connectivity index (χ3n) is 4.00. The zero-order chi connectivity index (χ0) is 16.3. The summed E-state index contributed by atoms with van der Waals surface area (Å²) in [5, 5.41) is 0. The Kier molecular flexibility index (Phi) is 2.42. The van der Waals surface area contributed by atoms with E-state index in [9.17, 15) is 9.59 Å². The number of ketones is 2. The van der Waals surface area contributed by atoms with Crippen molar-refractivity contribution in [2.75, 3.05) is 0 Å². The number of rotatable bonds is 0. The lowest BCUT2D eigenvalue weighted by Gasteiger charge is -2.09. The summed E-state index contributed by atoms with van der Waals surface area (Å²) in [6.45, 7) is 0. The molecule has 1 aliphatic rings. The van der Waals surface area contributed by atoms with Crippen LogP contribution in [0.2, 0.25) is 0 Å². The monoisotopic (exact) mass is 312 g/mol. The Labute approximate surface area is 134 Å². The first-order valence-corrected chi connectivity index (χ1v) is 7.35. The lowest BCUT2D eigenvalue weighted by Crippen LogP contribution is -2.19. The number of fused-ring (bicyclic) bond motifs is 5. The van der Waals surface area contributed by atoms with Crippen LogP contribution in [0.5, 0.6) is 0 Å². The van der Waals surface area contributed by atoms with Crippen molar-refractivity contribution in [2.24, 2.45) is 0 Å². The van der Waals surface area contributed by atoms with Crippen molar-refractivity contribution in [3.63, 3.8) is 0 Å². The van der Waals surface area contributed by atoms with Crippen LogP contribution in [0.25, 0.3) is 39.2 Å². The molecule has 0 N–H and O–H groups in total. The summed E-state index contributed by atoms with van der Waals surface area (Å²) in [6.07, 6.45) is 2.74. The molecule has 0 amide bonds. The SMILES string of the molecule is O=C1C=Cc2nc3ccc4nc5ccccc5nc4c3nc2C1=O. The molecule has 0 spiro atoms. The van der Waals surface area contributed by atoms with Gasteiger partial charge in [0.15, 0.2) is 0 Å². The van der Waals surface area contributed by atoms with Crippen molar-refractivity contribution in [3.05, 3.63) is 53.9 Å². The average molecular weight is 312 g/mol. The molecule has 2 aromatic carbocycles. The van der Waals surface area contributed by atoms with E-state index in [1.54, 1.807) is 6.07 Å². The molecule has 0 aliphatic heterocycles. The fourth-order valence-electron chi connectivity index (χ4n) is 2.84. The lowest BCUT2D eigenvalue weighted by molar-refractivity contribution is -0.111. The van der Waals surface area contributed by atoms with Crippen LogP contribution in [-0.2, 0) is 4.79 Å². The van der Waals surface area contributed by atoms with E-state index in [2.05, 4.69) is 19.9 Å². The number of nitrogens with zero attached hydrogens (tertiary/aromatic N) is 4. The molecular weight excluding hydrogens is 304 g/mol. The van der Waals surface area contributed by atoms with Crippen LogP contribution in [0, 0.1) is 0 Å². The molecule has 1 aliphatic carbocycles. The van der Waals surface area contributed by atoms with Gasteiger partial charge in [-0.1, -0.05) is 12.1 Å². The molecule has 0 radical (unpaired) electrons. The van der Waals surface area contributed by atoms with E-state index in [-0.39, 0.29) is 5.69 Å². The van der Waals surface area contributed by atoms with Crippen molar-refractivity contribution in [2.45, 2.75) is 0 Å². The van der Waals surface area contributed by atoms with Crippen LogP contribution >= 0.6 is 0 Å². The van der Waals surface area contributed by atoms with Crippen molar-refractivity contribution < 1.29 is 9.59 Å². The normalized spacial score (nSPS) is 13.8. The smallest absolute Gasteiger partial charge is 0.253 e. The molecule has 0 saturated carbocycles. The van der Waals surface area contributed by atoms with Crippen LogP contribution < -0.4 is 0 Å². The zero-order valence-electron chi connectivity index (χ0n) is 12.2. The van der Waals surface area contributed by atoms with Crippen molar-refractivity contribution in [1.82, 2.24) is 19.9 Å². The van der Waals surface area contributed by atoms with Gasteiger partial charge >= 0.3 is 0 Å². The molecule has 2 heterocycles. The van der Waals surface area contributed by atoms with Gasteiger partial charge in [0.25, 0.3) is 5.78 Å². The van der Waals surface area contributed by atoms with Crippen molar-refractivity contribution in [3.8, 4) is 0 Å². The largest absolute Gasteiger partial charge is 0.285 e. The van der Waals surface area contributed by atoms with E-state index < -0.39 is 11.6 Å². The lowest BCUT2D eigenvalue weighted by atomic mass is 10.0. The van der Waals surface area contributed by atoms with E-state index in [1.165, 1.54) is 12.2 Å². The Morgan fingerprint density at radius 3 is 2.08 bits per heavy atom. The summed E-state index contributed by atoms with van der Waals surface area (Å²) in [5.41, 5.74) is 4.30. The predicted molar refractivity (Wildman–Crippen MR) is 88.5 cm³/mol. The van der Waals surface area contributed by atoms with Gasteiger partial charge < -0.3 is 0 Å². The second-order valence-corrected chi connectivity index (χ2v) is 5.50. The summed E-state index contributed by atoms with van der Waals surface area (Å²) < 4.78 is 0. The molecule has 4 aromatic rings. The van der Waals surface area contributed by atoms with Gasteiger partial charge in [-0.2, -0.15) is 0 Å². The number of hydrogen-bond donors (Lipinski definition) is 0. The average Bonchev–Trinajstić information content (AvgIpc) is 2.62. The minimum atomic E-state index is -0.646. The number of allylic oxidation sites excluding steroid dienone is 1. The molecule has 0 bridgehead atoms. The third kappa shape index (κ3) is 1.70. The van der Waals surface area contributed by atoms with Gasteiger partial charge in [0.2, 0.25) is 5.78 Å². The minimum absolute atomic E-state index is 0.0671. The van der Waals surface area contributed by atoms with Crippen LogP contribution in [0.4, 0.5) is 0 Å². The van der Waals surface area contributed by atoms with Gasteiger partial charge in [-0.25, -0.2) is 19.9 Å². The molecule has 6 nitrogen and oxygen atoms in total. The van der Waals surface area contributed by atoms with Crippen LogP contribution in [0.15, 0.2) is 42.5 Å². The second kappa shape index (κ2) is 4.48. The molecule has 0 unspecified atom stereocenters. The highest BCUT2D eigenvalue weighted by Gasteiger charge is 2.24. The maximum atomic E-state index is 12.1. The van der Waals surface area contributed by atoms with E-state index in [1.807, 2.05) is 30.3 Å². The molecule has 2 aromatic heterocycles. The number of aromatic nitrogens is 4. The number of carbonyl (C=O) groups excluding carboxylic acids is 2. The quantitative estimate of drug-likeness (QED) is 0.282. The molecule has 5 rings (SSSR count). The third-order valence-corrected chi connectivity index (χ3v) is 4.00. The van der Waals surface area contributed by atoms with Crippen LogP contribution in [0.3, 0.4) is 0 Å². The number of Topliss-reactive ketones (excluding diaryl/α,β-unsaturated/α-hetero) is 1. The summed E-state index contributed by atoms with van der Waals surface area (Å²) >= 11 is 0. The molecule has 0 saturated heterocycles. The Morgan fingerprint density at radius 1 is 0.625 bits per heavy atom. The standard InChI is InChI=1S/C18H8N4O2/c23-14-8-7-13-17(18(14)24)22-16-12(20-13)6-5-11-15(16)21-10-4-2-1-3-9(10)19-11/h1-8H. The zero-order valence-corrected chi connectivity index (χ0v) is 12.2. The van der Waals surface area contributed by atoms with E-state index >= 15 is 0 Å². The molecule has 112 valence electrons. The van der Waals surface area contributed by atoms with Crippen molar-refractivity contribution in [1.29, 1.82) is 0 Å². The number of hydrogen-bond acceptors (Lipinski definition) is 6. The first-order chi connectivity index (χ1) is 11.7. The highest BCUT2D eigenvalue weighted by Crippen LogP contribution is 2.25. The Balaban J connectivity index is 1.93. The fourth-order valence-corrected chi connectivity index (χ4v) is 2.84. The Morgan fingerprint density at radius 2 is 1.29 bits per heavy atom. The first-order valence-electron chi connectivity index (χ1n) is 7.35. The maximum Gasteiger partial charge on any atom is 0.253 e. The van der Waals surface area contributed by atoms with Crippen LogP contribution in [-0.4, -0.2) is 31.5 Å². The number of para-hydroxylation sites is 2. The summed E-state index contributed by atoms with van der Waals surface area (Å²) in [4.78, 5) is 41.7. The predicted octanol–water partition coefficient (Wildman–Crippen LogP) is 2.50. The maximum absolute atomic E-state index is 12.1. The van der Waals surface area contributed by atoms with Gasteiger partial charge in [-0.05, 0) is 36.4 Å². The second-order valence-electron chi connectivity index (χ2n) is 5.50. The molecule has 6 heteroatoms. The number of benzene rings is 2. The summed E-state index contributed by atoms with van der Waals surface area (Å²) in [6, 6.07) is 11.2. The fraction of sp³-hybridized carbons (Fsp3) is 0.